The molecule has 84 valence electrons. The second-order valence-corrected chi connectivity index (χ2v) is 4.72. The number of aliphatic carboxylic acids is 1. The lowest BCUT2D eigenvalue weighted by atomic mass is 9.89. The molecule has 0 saturated heterocycles. The fraction of sp³-hybridized carbons (Fsp3) is 0.600. The lowest BCUT2D eigenvalue weighted by Gasteiger charge is -2.23. The van der Waals surface area contributed by atoms with Crippen LogP contribution in [-0.2, 0) is 10.2 Å². The highest BCUT2D eigenvalue weighted by atomic mass is 35.5. The van der Waals surface area contributed by atoms with Crippen molar-refractivity contribution in [1.82, 2.24) is 9.78 Å². The fourth-order valence-corrected chi connectivity index (χ4v) is 1.79. The van der Waals surface area contributed by atoms with Crippen LogP contribution in [0, 0.1) is 0 Å². The van der Waals surface area contributed by atoms with Gasteiger partial charge < -0.3 is 5.11 Å². The standard InChI is InChI=1S/C10H15ClN2O2/c1-6(2)13-8(7(11)5-12-13)10(3,4)9(14)15/h5-6H,1-4H3,(H,14,15). The van der Waals surface area contributed by atoms with E-state index in [1.165, 1.54) is 6.20 Å². The zero-order chi connectivity index (χ0) is 11.8. The van der Waals surface area contributed by atoms with Gasteiger partial charge in [-0.3, -0.25) is 9.48 Å². The molecule has 0 aliphatic carbocycles. The number of rotatable bonds is 3. The number of aromatic nitrogens is 2. The van der Waals surface area contributed by atoms with Crippen LogP contribution >= 0.6 is 11.6 Å². The number of nitrogens with zero attached hydrogens (tertiary/aromatic N) is 2. The van der Waals surface area contributed by atoms with E-state index >= 15 is 0 Å². The average Bonchev–Trinajstić information content (AvgIpc) is 2.47. The molecular formula is C10H15ClN2O2. The Hall–Kier alpha value is -1.03. The molecule has 0 aliphatic heterocycles. The number of carbonyl (C=O) groups is 1. The summed E-state index contributed by atoms with van der Waals surface area (Å²) in [6.45, 7) is 7.11. The fourth-order valence-electron chi connectivity index (χ4n) is 1.42. The van der Waals surface area contributed by atoms with Crippen molar-refractivity contribution in [2.75, 3.05) is 0 Å². The molecule has 4 nitrogen and oxygen atoms in total. The Balaban J connectivity index is 3.35. The van der Waals surface area contributed by atoms with Gasteiger partial charge in [-0.1, -0.05) is 11.6 Å². The second-order valence-electron chi connectivity index (χ2n) is 4.31. The SMILES string of the molecule is CC(C)n1ncc(Cl)c1C(C)(C)C(=O)O. The maximum Gasteiger partial charge on any atom is 0.315 e. The van der Waals surface area contributed by atoms with Crippen LogP contribution < -0.4 is 0 Å². The lowest BCUT2D eigenvalue weighted by Crippen LogP contribution is -2.32. The zero-order valence-electron chi connectivity index (χ0n) is 9.28. The van der Waals surface area contributed by atoms with E-state index in [2.05, 4.69) is 5.10 Å². The molecular weight excluding hydrogens is 216 g/mol. The first-order chi connectivity index (χ1) is 6.78. The topological polar surface area (TPSA) is 55.1 Å². The van der Waals surface area contributed by atoms with Crippen molar-refractivity contribution in [1.29, 1.82) is 0 Å². The van der Waals surface area contributed by atoms with E-state index in [1.807, 2.05) is 13.8 Å². The number of carboxylic acid groups (broad SMARTS) is 1. The minimum absolute atomic E-state index is 0.0890. The third-order valence-corrected chi connectivity index (χ3v) is 2.64. The summed E-state index contributed by atoms with van der Waals surface area (Å²) in [6.07, 6.45) is 1.49. The Bertz CT molecular complexity index is 383. The van der Waals surface area contributed by atoms with Crippen molar-refractivity contribution >= 4 is 17.6 Å². The maximum atomic E-state index is 11.1. The van der Waals surface area contributed by atoms with Crippen LogP contribution in [0.5, 0.6) is 0 Å². The monoisotopic (exact) mass is 230 g/mol. The molecule has 0 spiro atoms. The molecule has 0 radical (unpaired) electrons. The normalized spacial score (nSPS) is 12.1. The Morgan fingerprint density at radius 1 is 1.60 bits per heavy atom. The highest BCUT2D eigenvalue weighted by Crippen LogP contribution is 2.31. The highest BCUT2D eigenvalue weighted by molar-refractivity contribution is 6.31. The molecule has 0 aromatic carbocycles. The van der Waals surface area contributed by atoms with E-state index in [1.54, 1.807) is 18.5 Å². The van der Waals surface area contributed by atoms with Gasteiger partial charge in [-0.15, -0.1) is 0 Å². The van der Waals surface area contributed by atoms with E-state index in [4.69, 9.17) is 16.7 Å². The number of hydrogen-bond donors (Lipinski definition) is 1. The molecule has 1 aromatic rings. The first-order valence-electron chi connectivity index (χ1n) is 4.75. The molecule has 0 aliphatic rings. The van der Waals surface area contributed by atoms with Crippen LogP contribution in [0.15, 0.2) is 6.20 Å². The zero-order valence-corrected chi connectivity index (χ0v) is 10.0. The molecule has 5 heteroatoms. The van der Waals surface area contributed by atoms with E-state index in [0.717, 1.165) is 0 Å². The van der Waals surface area contributed by atoms with E-state index < -0.39 is 11.4 Å². The number of carboxylic acids is 1. The molecule has 15 heavy (non-hydrogen) atoms. The van der Waals surface area contributed by atoms with Crippen molar-refractivity contribution in [3.63, 3.8) is 0 Å². The molecule has 0 bridgehead atoms. The van der Waals surface area contributed by atoms with Crippen LogP contribution in [0.4, 0.5) is 0 Å². The summed E-state index contributed by atoms with van der Waals surface area (Å²) in [4.78, 5) is 11.1. The van der Waals surface area contributed by atoms with Crippen LogP contribution in [0.2, 0.25) is 5.02 Å². The molecule has 1 N–H and O–H groups in total. The largest absolute Gasteiger partial charge is 0.481 e. The Morgan fingerprint density at radius 2 is 2.13 bits per heavy atom. The first-order valence-corrected chi connectivity index (χ1v) is 5.13. The number of halogens is 1. The van der Waals surface area contributed by atoms with Crippen molar-refractivity contribution in [2.45, 2.75) is 39.2 Å². The van der Waals surface area contributed by atoms with Gasteiger partial charge in [0.1, 0.15) is 5.41 Å². The summed E-state index contributed by atoms with van der Waals surface area (Å²) < 4.78 is 1.65. The molecule has 0 unspecified atom stereocenters. The van der Waals surface area contributed by atoms with Gasteiger partial charge in [0.2, 0.25) is 0 Å². The van der Waals surface area contributed by atoms with Crippen LogP contribution in [-0.4, -0.2) is 20.9 Å². The average molecular weight is 231 g/mol. The smallest absolute Gasteiger partial charge is 0.315 e. The van der Waals surface area contributed by atoms with Crippen molar-refractivity contribution < 1.29 is 9.90 Å². The Labute approximate surface area is 93.9 Å². The van der Waals surface area contributed by atoms with Gasteiger partial charge in [0.05, 0.1) is 16.9 Å². The molecule has 1 aromatic heterocycles. The molecule has 0 saturated carbocycles. The van der Waals surface area contributed by atoms with Gasteiger partial charge >= 0.3 is 5.97 Å². The van der Waals surface area contributed by atoms with Gasteiger partial charge in [-0.25, -0.2) is 0 Å². The Morgan fingerprint density at radius 3 is 2.53 bits per heavy atom. The van der Waals surface area contributed by atoms with Crippen molar-refractivity contribution in [2.24, 2.45) is 0 Å². The van der Waals surface area contributed by atoms with E-state index in [0.29, 0.717) is 10.7 Å². The predicted molar refractivity (Wildman–Crippen MR) is 58.3 cm³/mol. The van der Waals surface area contributed by atoms with Gasteiger partial charge in [0, 0.05) is 6.04 Å². The van der Waals surface area contributed by atoms with Crippen LogP contribution in [0.3, 0.4) is 0 Å². The van der Waals surface area contributed by atoms with Crippen LogP contribution in [0.1, 0.15) is 39.4 Å². The molecule has 0 amide bonds. The minimum Gasteiger partial charge on any atom is -0.481 e. The summed E-state index contributed by atoms with van der Waals surface area (Å²) in [5, 5.41) is 13.6. The first kappa shape index (κ1) is 12.0. The summed E-state index contributed by atoms with van der Waals surface area (Å²) in [5.74, 6) is -0.910. The third-order valence-electron chi connectivity index (χ3n) is 2.37. The second kappa shape index (κ2) is 3.85. The molecule has 0 atom stereocenters. The summed E-state index contributed by atoms with van der Waals surface area (Å²) >= 11 is 5.97. The van der Waals surface area contributed by atoms with Crippen molar-refractivity contribution in [3.8, 4) is 0 Å². The van der Waals surface area contributed by atoms with Gasteiger partial charge in [0.25, 0.3) is 0 Å². The summed E-state index contributed by atoms with van der Waals surface area (Å²) in [7, 11) is 0. The molecule has 1 heterocycles. The quantitative estimate of drug-likeness (QED) is 0.868. The lowest BCUT2D eigenvalue weighted by molar-refractivity contribution is -0.142. The third kappa shape index (κ3) is 2.00. The van der Waals surface area contributed by atoms with Gasteiger partial charge in [-0.2, -0.15) is 5.10 Å². The van der Waals surface area contributed by atoms with Crippen molar-refractivity contribution in [3.05, 3.63) is 16.9 Å². The van der Waals surface area contributed by atoms with Gasteiger partial charge in [-0.05, 0) is 27.7 Å². The van der Waals surface area contributed by atoms with Gasteiger partial charge in [0.15, 0.2) is 0 Å². The maximum absolute atomic E-state index is 11.1. The molecule has 1 rings (SSSR count). The van der Waals surface area contributed by atoms with E-state index in [9.17, 15) is 4.79 Å². The summed E-state index contributed by atoms with van der Waals surface area (Å²) in [5.41, 5.74) is -0.482. The molecule has 0 fully saturated rings. The highest BCUT2D eigenvalue weighted by Gasteiger charge is 2.35. The Kier molecular flexibility index (Phi) is 3.09. The number of hydrogen-bond acceptors (Lipinski definition) is 2. The summed E-state index contributed by atoms with van der Waals surface area (Å²) in [6, 6.07) is 0.0890. The minimum atomic E-state index is -1.03. The predicted octanol–water partition coefficient (Wildman–Crippen LogP) is 2.48. The van der Waals surface area contributed by atoms with E-state index in [-0.39, 0.29) is 6.04 Å². The van der Waals surface area contributed by atoms with Crippen LogP contribution in [0.25, 0.3) is 0 Å².